The lowest BCUT2D eigenvalue weighted by molar-refractivity contribution is -0.149. The lowest BCUT2D eigenvalue weighted by atomic mass is 9.76. The topological polar surface area (TPSA) is 92.3 Å². The van der Waals surface area contributed by atoms with Gasteiger partial charge in [-0.05, 0) is 33.1 Å². The van der Waals surface area contributed by atoms with Crippen LogP contribution in [0.4, 0.5) is 11.6 Å². The minimum absolute atomic E-state index is 0.399. The van der Waals surface area contributed by atoms with Crippen LogP contribution < -0.4 is 10.6 Å². The number of carboxylic acid groups (broad SMARTS) is 1. The fourth-order valence-electron chi connectivity index (χ4n) is 2.69. The Morgan fingerprint density at radius 1 is 1.52 bits per heavy atom. The van der Waals surface area contributed by atoms with Gasteiger partial charge in [0.05, 0.1) is 5.41 Å². The van der Waals surface area contributed by atoms with Crippen LogP contribution in [0.1, 0.15) is 33.1 Å². The monoisotopic (exact) mass is 290 g/mol. The van der Waals surface area contributed by atoms with Gasteiger partial charge in [-0.15, -0.1) is 0 Å². The van der Waals surface area contributed by atoms with Crippen LogP contribution in [0.2, 0.25) is 0 Å². The van der Waals surface area contributed by atoms with Crippen molar-refractivity contribution in [2.75, 3.05) is 23.7 Å². The number of piperidine rings is 1. The summed E-state index contributed by atoms with van der Waals surface area (Å²) < 4.78 is 0. The van der Waals surface area contributed by atoms with Crippen LogP contribution in [-0.4, -0.2) is 34.1 Å². The van der Waals surface area contributed by atoms with Gasteiger partial charge in [0.25, 0.3) is 0 Å². The highest BCUT2D eigenvalue weighted by molar-refractivity contribution is 5.76. The van der Waals surface area contributed by atoms with E-state index in [2.05, 4.69) is 9.97 Å². The molecule has 21 heavy (non-hydrogen) atoms. The molecule has 6 nitrogen and oxygen atoms in total. The number of allylic oxidation sites excluding steroid dienone is 2. The highest BCUT2D eigenvalue weighted by Crippen LogP contribution is 2.36. The van der Waals surface area contributed by atoms with Gasteiger partial charge in [-0.2, -0.15) is 0 Å². The molecule has 1 aliphatic rings. The first-order valence-corrected chi connectivity index (χ1v) is 7.12. The number of hydrogen-bond acceptors (Lipinski definition) is 5. The van der Waals surface area contributed by atoms with E-state index in [-0.39, 0.29) is 0 Å². The Balaban J connectivity index is 2.24. The third kappa shape index (κ3) is 3.51. The van der Waals surface area contributed by atoms with Crippen molar-refractivity contribution in [3.05, 3.63) is 24.0 Å². The van der Waals surface area contributed by atoms with Gasteiger partial charge in [-0.1, -0.05) is 11.6 Å². The zero-order valence-electron chi connectivity index (χ0n) is 12.5. The molecule has 0 spiro atoms. The van der Waals surface area contributed by atoms with E-state index in [9.17, 15) is 9.90 Å². The largest absolute Gasteiger partial charge is 0.481 e. The minimum Gasteiger partial charge on any atom is -0.481 e. The van der Waals surface area contributed by atoms with E-state index < -0.39 is 11.4 Å². The van der Waals surface area contributed by atoms with Gasteiger partial charge in [0, 0.05) is 19.2 Å². The lowest BCUT2D eigenvalue weighted by Gasteiger charge is -2.40. The molecular formula is C15H22N4O2. The van der Waals surface area contributed by atoms with Crippen molar-refractivity contribution in [1.82, 2.24) is 9.97 Å². The zero-order chi connectivity index (χ0) is 15.5. The molecule has 0 amide bonds. The number of aromatic nitrogens is 2. The van der Waals surface area contributed by atoms with Crippen molar-refractivity contribution in [1.29, 1.82) is 0 Å². The number of carboxylic acids is 1. The molecule has 1 fully saturated rings. The van der Waals surface area contributed by atoms with Crippen LogP contribution in [0.25, 0.3) is 0 Å². The number of rotatable bonds is 4. The fourth-order valence-corrected chi connectivity index (χ4v) is 2.69. The Morgan fingerprint density at radius 3 is 2.90 bits per heavy atom. The summed E-state index contributed by atoms with van der Waals surface area (Å²) in [4.78, 5) is 21.9. The van der Waals surface area contributed by atoms with Gasteiger partial charge in [0.2, 0.25) is 0 Å². The number of nitrogen functional groups attached to an aromatic ring is 1. The molecule has 1 atom stereocenters. The van der Waals surface area contributed by atoms with Gasteiger partial charge >= 0.3 is 5.97 Å². The summed E-state index contributed by atoms with van der Waals surface area (Å²) >= 11 is 0. The Morgan fingerprint density at radius 2 is 2.29 bits per heavy atom. The molecule has 1 aliphatic heterocycles. The fraction of sp³-hybridized carbons (Fsp3) is 0.533. The third-order valence-corrected chi connectivity index (χ3v) is 3.93. The Kier molecular flexibility index (Phi) is 4.45. The molecule has 1 saturated heterocycles. The van der Waals surface area contributed by atoms with Crippen LogP contribution in [-0.2, 0) is 4.79 Å². The second-order valence-electron chi connectivity index (χ2n) is 5.90. The molecule has 0 unspecified atom stereocenters. The van der Waals surface area contributed by atoms with Crippen LogP contribution >= 0.6 is 0 Å². The second kappa shape index (κ2) is 6.11. The number of aliphatic carboxylic acids is 1. The first-order chi connectivity index (χ1) is 9.93. The third-order valence-electron chi connectivity index (χ3n) is 3.93. The van der Waals surface area contributed by atoms with Crippen molar-refractivity contribution < 1.29 is 9.90 Å². The average molecular weight is 290 g/mol. The van der Waals surface area contributed by atoms with Gasteiger partial charge in [0.1, 0.15) is 18.0 Å². The zero-order valence-corrected chi connectivity index (χ0v) is 12.5. The van der Waals surface area contributed by atoms with Gasteiger partial charge in [-0.3, -0.25) is 4.79 Å². The van der Waals surface area contributed by atoms with Crippen molar-refractivity contribution in [3.63, 3.8) is 0 Å². The Labute approximate surface area is 124 Å². The predicted molar refractivity (Wildman–Crippen MR) is 82.0 cm³/mol. The standard InChI is InChI=1S/C15H22N4O2/c1-11(2)4-6-15(14(20)21)5-3-7-19(9-15)13-8-12(16)17-10-18-13/h4,8,10H,3,5-7,9H2,1-2H3,(H,20,21)(H2,16,17,18)/t15-/m0/s1. The summed E-state index contributed by atoms with van der Waals surface area (Å²) in [6, 6.07) is 1.69. The van der Waals surface area contributed by atoms with Crippen molar-refractivity contribution >= 4 is 17.6 Å². The first kappa shape index (κ1) is 15.3. The van der Waals surface area contributed by atoms with E-state index in [1.165, 1.54) is 6.33 Å². The maximum absolute atomic E-state index is 11.8. The Hall–Kier alpha value is -2.11. The molecule has 2 rings (SSSR count). The smallest absolute Gasteiger partial charge is 0.311 e. The molecule has 0 aromatic carbocycles. The van der Waals surface area contributed by atoms with Crippen molar-refractivity contribution in [2.45, 2.75) is 33.1 Å². The van der Waals surface area contributed by atoms with Gasteiger partial charge in [-0.25, -0.2) is 9.97 Å². The van der Waals surface area contributed by atoms with Crippen LogP contribution in [0.15, 0.2) is 24.0 Å². The summed E-state index contributed by atoms with van der Waals surface area (Å²) in [5.74, 6) is 0.354. The maximum atomic E-state index is 11.8. The molecule has 0 aliphatic carbocycles. The minimum atomic E-state index is -0.755. The van der Waals surface area contributed by atoms with Gasteiger partial charge in [0.15, 0.2) is 0 Å². The summed E-state index contributed by atoms with van der Waals surface area (Å²) in [5, 5.41) is 9.71. The number of carbonyl (C=O) groups is 1. The average Bonchev–Trinajstić information content (AvgIpc) is 2.45. The summed E-state index contributed by atoms with van der Waals surface area (Å²) in [6.07, 6.45) is 5.47. The highest BCUT2D eigenvalue weighted by Gasteiger charge is 2.41. The van der Waals surface area contributed by atoms with Crippen molar-refractivity contribution in [2.24, 2.45) is 5.41 Å². The second-order valence-corrected chi connectivity index (χ2v) is 5.90. The van der Waals surface area contributed by atoms with E-state index in [1.807, 2.05) is 24.8 Å². The molecule has 3 N–H and O–H groups in total. The van der Waals surface area contributed by atoms with Crippen molar-refractivity contribution in [3.8, 4) is 0 Å². The number of anilines is 2. The highest BCUT2D eigenvalue weighted by atomic mass is 16.4. The number of nitrogens with zero attached hydrogens (tertiary/aromatic N) is 3. The molecular weight excluding hydrogens is 268 g/mol. The molecule has 0 saturated carbocycles. The SMILES string of the molecule is CC(C)=CC[C@@]1(C(=O)O)CCCN(c2cc(N)ncn2)C1. The molecule has 1 aromatic heterocycles. The van der Waals surface area contributed by atoms with Crippen LogP contribution in [0.5, 0.6) is 0 Å². The number of nitrogens with two attached hydrogens (primary N) is 1. The van der Waals surface area contributed by atoms with E-state index in [4.69, 9.17) is 5.73 Å². The molecule has 0 radical (unpaired) electrons. The van der Waals surface area contributed by atoms with E-state index >= 15 is 0 Å². The van der Waals surface area contributed by atoms with E-state index in [0.717, 1.165) is 18.5 Å². The maximum Gasteiger partial charge on any atom is 0.311 e. The Bertz CT molecular complexity index is 554. The van der Waals surface area contributed by atoms with Crippen LogP contribution in [0.3, 0.4) is 0 Å². The molecule has 114 valence electrons. The predicted octanol–water partition coefficient (Wildman–Crippen LogP) is 2.09. The quantitative estimate of drug-likeness (QED) is 0.825. The van der Waals surface area contributed by atoms with E-state index in [0.29, 0.717) is 31.0 Å². The summed E-state index contributed by atoms with van der Waals surface area (Å²) in [7, 11) is 0. The van der Waals surface area contributed by atoms with Gasteiger partial charge < -0.3 is 15.7 Å². The first-order valence-electron chi connectivity index (χ1n) is 7.12. The van der Waals surface area contributed by atoms with E-state index in [1.54, 1.807) is 6.07 Å². The molecule has 2 heterocycles. The molecule has 1 aromatic rings. The normalized spacial score (nSPS) is 21.9. The molecule has 6 heteroatoms. The summed E-state index contributed by atoms with van der Waals surface area (Å²) in [6.45, 7) is 5.21. The van der Waals surface area contributed by atoms with Crippen LogP contribution in [0, 0.1) is 5.41 Å². The summed E-state index contributed by atoms with van der Waals surface area (Å²) in [5.41, 5.74) is 6.07. The molecule has 0 bridgehead atoms. The number of hydrogen-bond donors (Lipinski definition) is 2. The lowest BCUT2D eigenvalue weighted by Crippen LogP contribution is -2.48.